The monoisotopic (exact) mass is 221 g/mol. The third kappa shape index (κ3) is 1.43. The van der Waals surface area contributed by atoms with Gasteiger partial charge in [0, 0.05) is 5.02 Å². The zero-order chi connectivity index (χ0) is 11.0. The highest BCUT2D eigenvalue weighted by Crippen LogP contribution is 2.28. The van der Waals surface area contributed by atoms with Gasteiger partial charge in [0.15, 0.2) is 11.3 Å². The third-order valence-corrected chi connectivity index (χ3v) is 2.19. The fraction of sp³-hybridized carbons (Fsp3) is 0. The van der Waals surface area contributed by atoms with Crippen LogP contribution >= 0.6 is 11.6 Å². The number of aromatic hydroxyl groups is 1. The Kier molecular flexibility index (Phi) is 2.10. The molecule has 74 valence electrons. The van der Waals surface area contributed by atoms with Crippen molar-refractivity contribution in [2.45, 2.75) is 0 Å². The maximum atomic E-state index is 11.2. The van der Waals surface area contributed by atoms with Gasteiger partial charge in [0.05, 0.1) is 5.39 Å². The van der Waals surface area contributed by atoms with Crippen LogP contribution in [-0.4, -0.2) is 5.11 Å². The maximum absolute atomic E-state index is 11.2. The van der Waals surface area contributed by atoms with E-state index in [9.17, 15) is 9.90 Å². The summed E-state index contributed by atoms with van der Waals surface area (Å²) < 4.78 is 4.82. The van der Waals surface area contributed by atoms with Crippen LogP contribution in [0.2, 0.25) is 5.02 Å². The highest BCUT2D eigenvalue weighted by molar-refractivity contribution is 6.31. The number of hydrogen-bond donors (Lipinski definition) is 1. The van der Waals surface area contributed by atoms with Crippen molar-refractivity contribution in [1.82, 2.24) is 0 Å². The summed E-state index contributed by atoms with van der Waals surface area (Å²) in [7, 11) is 0. The standard InChI is InChI=1S/C10H4ClNO3/c11-5-1-2-8-6(3-5)9(13)7(4-12)10(14)15-8/h1-3,13H. The second-order valence-corrected chi connectivity index (χ2v) is 3.30. The molecule has 0 amide bonds. The Morgan fingerprint density at radius 3 is 2.87 bits per heavy atom. The summed E-state index contributed by atoms with van der Waals surface area (Å²) in [5, 5.41) is 18.9. The molecule has 2 aromatic rings. The van der Waals surface area contributed by atoms with Crippen LogP contribution in [0.1, 0.15) is 5.56 Å². The molecule has 0 radical (unpaired) electrons. The first kappa shape index (κ1) is 9.56. The quantitative estimate of drug-likeness (QED) is 0.691. The molecule has 0 aliphatic heterocycles. The van der Waals surface area contributed by atoms with E-state index in [1.165, 1.54) is 18.2 Å². The summed E-state index contributed by atoms with van der Waals surface area (Å²) in [6.45, 7) is 0. The average molecular weight is 222 g/mol. The van der Waals surface area contributed by atoms with Crippen LogP contribution in [0.3, 0.4) is 0 Å². The molecule has 0 unspecified atom stereocenters. The number of hydrogen-bond acceptors (Lipinski definition) is 4. The Morgan fingerprint density at radius 2 is 2.20 bits per heavy atom. The van der Waals surface area contributed by atoms with E-state index in [0.29, 0.717) is 5.02 Å². The Balaban J connectivity index is 3.00. The first-order chi connectivity index (χ1) is 7.13. The number of halogens is 1. The first-order valence-electron chi connectivity index (χ1n) is 3.99. The first-order valence-corrected chi connectivity index (χ1v) is 4.36. The fourth-order valence-electron chi connectivity index (χ4n) is 1.26. The molecule has 0 atom stereocenters. The predicted octanol–water partition coefficient (Wildman–Crippen LogP) is 2.02. The van der Waals surface area contributed by atoms with Gasteiger partial charge in [0.25, 0.3) is 0 Å². The van der Waals surface area contributed by atoms with Crippen molar-refractivity contribution in [3.63, 3.8) is 0 Å². The molecule has 1 heterocycles. The number of nitriles is 1. The van der Waals surface area contributed by atoms with Crippen LogP contribution in [0.4, 0.5) is 0 Å². The topological polar surface area (TPSA) is 74.2 Å². The van der Waals surface area contributed by atoms with E-state index in [4.69, 9.17) is 21.3 Å². The summed E-state index contributed by atoms with van der Waals surface area (Å²) in [6, 6.07) is 5.99. The molecule has 0 spiro atoms. The predicted molar refractivity (Wildman–Crippen MR) is 53.9 cm³/mol. The normalized spacial score (nSPS) is 10.1. The maximum Gasteiger partial charge on any atom is 0.358 e. The van der Waals surface area contributed by atoms with E-state index in [2.05, 4.69) is 0 Å². The van der Waals surface area contributed by atoms with Crippen molar-refractivity contribution in [3.8, 4) is 11.8 Å². The van der Waals surface area contributed by atoms with Crippen LogP contribution in [0.25, 0.3) is 11.0 Å². The molecule has 0 saturated heterocycles. The molecular formula is C10H4ClNO3. The van der Waals surface area contributed by atoms with E-state index in [1.807, 2.05) is 0 Å². The van der Waals surface area contributed by atoms with Crippen molar-refractivity contribution in [2.24, 2.45) is 0 Å². The number of benzene rings is 1. The minimum Gasteiger partial charge on any atom is -0.506 e. The van der Waals surface area contributed by atoms with Crippen molar-refractivity contribution >= 4 is 22.6 Å². The van der Waals surface area contributed by atoms with Gasteiger partial charge in [-0.05, 0) is 18.2 Å². The van der Waals surface area contributed by atoms with Crippen molar-refractivity contribution in [3.05, 3.63) is 39.2 Å². The van der Waals surface area contributed by atoms with Gasteiger partial charge in [-0.1, -0.05) is 11.6 Å². The summed E-state index contributed by atoms with van der Waals surface area (Å²) in [5.74, 6) is -0.397. The largest absolute Gasteiger partial charge is 0.506 e. The summed E-state index contributed by atoms with van der Waals surface area (Å²) in [4.78, 5) is 11.2. The van der Waals surface area contributed by atoms with Crippen LogP contribution < -0.4 is 5.63 Å². The van der Waals surface area contributed by atoms with Gasteiger partial charge < -0.3 is 9.52 Å². The Hall–Kier alpha value is -1.99. The molecule has 1 aromatic carbocycles. The van der Waals surface area contributed by atoms with Gasteiger partial charge >= 0.3 is 5.63 Å². The SMILES string of the molecule is N#Cc1c(O)c2cc(Cl)ccc2oc1=O. The van der Waals surface area contributed by atoms with Gasteiger partial charge in [0.2, 0.25) is 0 Å². The van der Waals surface area contributed by atoms with Gasteiger partial charge in [-0.15, -0.1) is 0 Å². The molecule has 0 bridgehead atoms. The van der Waals surface area contributed by atoms with Crippen LogP contribution in [0, 0.1) is 11.3 Å². The van der Waals surface area contributed by atoms with E-state index in [0.717, 1.165) is 0 Å². The second kappa shape index (κ2) is 3.30. The van der Waals surface area contributed by atoms with E-state index in [1.54, 1.807) is 6.07 Å². The lowest BCUT2D eigenvalue weighted by molar-refractivity contribution is 0.465. The zero-order valence-corrected chi connectivity index (χ0v) is 8.08. The van der Waals surface area contributed by atoms with Gasteiger partial charge in [-0.25, -0.2) is 4.79 Å². The van der Waals surface area contributed by atoms with Crippen molar-refractivity contribution in [2.75, 3.05) is 0 Å². The summed E-state index contributed by atoms with van der Waals surface area (Å²) in [5.41, 5.74) is -1.07. The third-order valence-electron chi connectivity index (χ3n) is 1.95. The van der Waals surface area contributed by atoms with Crippen molar-refractivity contribution < 1.29 is 9.52 Å². The zero-order valence-electron chi connectivity index (χ0n) is 7.32. The van der Waals surface area contributed by atoms with Crippen LogP contribution in [-0.2, 0) is 0 Å². The number of fused-ring (bicyclic) bond motifs is 1. The molecule has 4 nitrogen and oxygen atoms in total. The van der Waals surface area contributed by atoms with Crippen LogP contribution in [0.15, 0.2) is 27.4 Å². The lowest BCUT2D eigenvalue weighted by atomic mass is 10.1. The lowest BCUT2D eigenvalue weighted by Gasteiger charge is -2.00. The summed E-state index contributed by atoms with van der Waals surface area (Å²) >= 11 is 5.71. The minimum absolute atomic E-state index is 0.195. The molecule has 0 fully saturated rings. The van der Waals surface area contributed by atoms with Gasteiger partial charge in [-0.2, -0.15) is 5.26 Å². The molecule has 15 heavy (non-hydrogen) atoms. The number of rotatable bonds is 0. The highest BCUT2D eigenvalue weighted by Gasteiger charge is 2.13. The van der Waals surface area contributed by atoms with Gasteiger partial charge in [-0.3, -0.25) is 0 Å². The molecule has 0 aliphatic carbocycles. The highest BCUT2D eigenvalue weighted by atomic mass is 35.5. The molecule has 0 aliphatic rings. The molecular weight excluding hydrogens is 218 g/mol. The molecule has 5 heteroatoms. The minimum atomic E-state index is -0.857. The van der Waals surface area contributed by atoms with Crippen molar-refractivity contribution in [1.29, 1.82) is 5.26 Å². The smallest absolute Gasteiger partial charge is 0.358 e. The average Bonchev–Trinajstić information content (AvgIpc) is 2.20. The lowest BCUT2D eigenvalue weighted by Crippen LogP contribution is -2.03. The Bertz CT molecular complexity index is 639. The molecule has 1 aromatic heterocycles. The Labute approximate surface area is 88.9 Å². The fourth-order valence-corrected chi connectivity index (χ4v) is 1.43. The van der Waals surface area contributed by atoms with E-state index < -0.39 is 16.9 Å². The summed E-state index contributed by atoms with van der Waals surface area (Å²) in [6.07, 6.45) is 0. The molecule has 2 rings (SSSR count). The molecule has 1 N–H and O–H groups in total. The van der Waals surface area contributed by atoms with Gasteiger partial charge in [0.1, 0.15) is 11.7 Å². The molecule has 0 saturated carbocycles. The van der Waals surface area contributed by atoms with E-state index in [-0.39, 0.29) is 11.0 Å². The second-order valence-electron chi connectivity index (χ2n) is 2.87. The van der Waals surface area contributed by atoms with Crippen LogP contribution in [0.5, 0.6) is 5.75 Å². The number of nitrogens with zero attached hydrogens (tertiary/aromatic N) is 1. The van der Waals surface area contributed by atoms with E-state index >= 15 is 0 Å². The Morgan fingerprint density at radius 1 is 1.47 bits per heavy atom.